The highest BCUT2D eigenvalue weighted by Crippen LogP contribution is 2.13. The van der Waals surface area contributed by atoms with Gasteiger partial charge < -0.3 is 16.2 Å². The lowest BCUT2D eigenvalue weighted by Crippen LogP contribution is -2.28. The van der Waals surface area contributed by atoms with E-state index < -0.39 is 12.1 Å². The van der Waals surface area contributed by atoms with Crippen LogP contribution in [0.2, 0.25) is 0 Å². The molecule has 0 bridgehead atoms. The number of aromatic nitrogens is 3. The summed E-state index contributed by atoms with van der Waals surface area (Å²) in [5.41, 5.74) is 6.03. The van der Waals surface area contributed by atoms with Crippen molar-refractivity contribution in [3.8, 4) is 0 Å². The fourth-order valence-electron chi connectivity index (χ4n) is 1.29. The van der Waals surface area contributed by atoms with Crippen LogP contribution in [0.5, 0.6) is 0 Å². The maximum Gasteiger partial charge on any atom is 0.343 e. The third kappa shape index (κ3) is 1.79. The summed E-state index contributed by atoms with van der Waals surface area (Å²) in [6.45, 7) is 0.327. The quantitative estimate of drug-likeness (QED) is 0.554. The second kappa shape index (κ2) is 3.65. The van der Waals surface area contributed by atoms with Gasteiger partial charge in [0.25, 0.3) is 0 Å². The zero-order valence-electron chi connectivity index (χ0n) is 7.79. The first-order chi connectivity index (χ1) is 7.20. The topological polar surface area (TPSA) is 118 Å². The van der Waals surface area contributed by atoms with Crippen molar-refractivity contribution in [2.45, 2.75) is 12.6 Å². The Hall–Kier alpha value is -1.96. The lowest BCUT2D eigenvalue weighted by Gasteiger charge is -2.04. The van der Waals surface area contributed by atoms with E-state index in [1.54, 1.807) is 6.20 Å². The van der Waals surface area contributed by atoms with Crippen LogP contribution in [0.3, 0.4) is 0 Å². The molecule has 1 aliphatic heterocycles. The molecule has 2 heterocycles. The van der Waals surface area contributed by atoms with E-state index in [9.17, 15) is 4.79 Å². The van der Waals surface area contributed by atoms with Crippen molar-refractivity contribution in [2.24, 2.45) is 10.7 Å². The molecule has 0 aromatic carbocycles. The van der Waals surface area contributed by atoms with Crippen molar-refractivity contribution in [3.05, 3.63) is 11.9 Å². The van der Waals surface area contributed by atoms with Gasteiger partial charge in [-0.2, -0.15) is 4.99 Å². The van der Waals surface area contributed by atoms with Crippen LogP contribution in [0, 0.1) is 0 Å². The summed E-state index contributed by atoms with van der Waals surface area (Å²) in [6, 6.07) is -0.987. The van der Waals surface area contributed by atoms with Crippen molar-refractivity contribution in [1.29, 1.82) is 0 Å². The van der Waals surface area contributed by atoms with E-state index >= 15 is 0 Å². The lowest BCUT2D eigenvalue weighted by molar-refractivity contribution is 0.250. The molecule has 0 saturated carbocycles. The summed E-state index contributed by atoms with van der Waals surface area (Å²) in [5, 5.41) is 18.8. The summed E-state index contributed by atoms with van der Waals surface area (Å²) in [4.78, 5) is 14.4. The van der Waals surface area contributed by atoms with Crippen LogP contribution in [0.25, 0.3) is 0 Å². The molecule has 2 amide bonds. The average Bonchev–Trinajstić information content (AvgIpc) is 2.73. The number of aliphatic hydroxyl groups excluding tert-OH is 1. The third-order valence-corrected chi connectivity index (χ3v) is 1.98. The Labute approximate surface area is 84.8 Å². The number of hydrogen-bond donors (Lipinski definition) is 3. The van der Waals surface area contributed by atoms with Gasteiger partial charge in [-0.3, -0.25) is 0 Å². The van der Waals surface area contributed by atoms with Gasteiger partial charge >= 0.3 is 6.03 Å². The van der Waals surface area contributed by atoms with Crippen molar-refractivity contribution in [1.82, 2.24) is 20.3 Å². The minimum atomic E-state index is -0.509. The van der Waals surface area contributed by atoms with Crippen LogP contribution >= 0.6 is 0 Å². The summed E-state index contributed by atoms with van der Waals surface area (Å²) in [6.07, 6.45) is 1.61. The van der Waals surface area contributed by atoms with Crippen molar-refractivity contribution in [2.75, 3.05) is 6.61 Å². The minimum Gasteiger partial charge on any atom is -0.394 e. The van der Waals surface area contributed by atoms with Gasteiger partial charge in [0.1, 0.15) is 17.6 Å². The maximum absolute atomic E-state index is 10.9. The van der Waals surface area contributed by atoms with Gasteiger partial charge in [-0.25, -0.2) is 9.48 Å². The van der Waals surface area contributed by atoms with Gasteiger partial charge in [-0.15, -0.1) is 5.10 Å². The zero-order valence-corrected chi connectivity index (χ0v) is 7.79. The molecule has 0 fully saturated rings. The summed E-state index contributed by atoms with van der Waals surface area (Å²) in [7, 11) is 0. The highest BCUT2D eigenvalue weighted by Gasteiger charge is 2.27. The minimum absolute atomic E-state index is 0.0244. The normalized spacial score (nSPS) is 20.2. The molecular weight excluding hydrogens is 200 g/mol. The summed E-state index contributed by atoms with van der Waals surface area (Å²) < 4.78 is 1.47. The molecular formula is C7H10N6O2. The number of nitrogens with two attached hydrogens (primary N) is 1. The highest BCUT2D eigenvalue weighted by atomic mass is 16.3. The molecule has 8 nitrogen and oxygen atoms in total. The Balaban J connectivity index is 2.16. The Morgan fingerprint density at radius 1 is 1.67 bits per heavy atom. The number of carbonyl (C=O) groups is 1. The molecule has 15 heavy (non-hydrogen) atoms. The van der Waals surface area contributed by atoms with Gasteiger partial charge in [-0.1, -0.05) is 5.21 Å². The van der Waals surface area contributed by atoms with E-state index in [2.05, 4.69) is 20.6 Å². The van der Waals surface area contributed by atoms with Gasteiger partial charge in [0.2, 0.25) is 0 Å². The second-order valence-electron chi connectivity index (χ2n) is 3.05. The standard InChI is InChI=1S/C7H10N6O2/c8-6-5(9-7(15)10-6)4-3-13(1-2-14)12-11-4/h3,5,14H,1-2H2,(H3,8,9,10,15). The van der Waals surface area contributed by atoms with Gasteiger partial charge in [-0.05, 0) is 0 Å². The number of amides is 2. The average molecular weight is 210 g/mol. The molecule has 80 valence electrons. The fraction of sp³-hybridized carbons (Fsp3) is 0.429. The second-order valence-corrected chi connectivity index (χ2v) is 3.05. The third-order valence-electron chi connectivity index (χ3n) is 1.98. The van der Waals surface area contributed by atoms with Crippen LogP contribution in [-0.2, 0) is 6.54 Å². The zero-order chi connectivity index (χ0) is 10.8. The van der Waals surface area contributed by atoms with E-state index in [0.717, 1.165) is 0 Å². The molecule has 0 radical (unpaired) electrons. The predicted octanol–water partition coefficient (Wildman–Crippen LogP) is -1.61. The van der Waals surface area contributed by atoms with Crippen LogP contribution in [-0.4, -0.2) is 38.6 Å². The number of nitrogens with zero attached hydrogens (tertiary/aromatic N) is 4. The van der Waals surface area contributed by atoms with Crippen molar-refractivity contribution >= 4 is 11.9 Å². The van der Waals surface area contributed by atoms with Gasteiger partial charge in [0, 0.05) is 0 Å². The fourth-order valence-corrected chi connectivity index (χ4v) is 1.29. The monoisotopic (exact) mass is 210 g/mol. The number of aliphatic imine (C=N–C) groups is 1. The molecule has 0 aliphatic carbocycles. The molecule has 0 spiro atoms. The molecule has 4 N–H and O–H groups in total. The first-order valence-corrected chi connectivity index (χ1v) is 4.36. The SMILES string of the molecule is NC1=NC(=O)NC1c1cn(CCO)nn1. The number of amidine groups is 1. The number of rotatable bonds is 3. The molecule has 1 aliphatic rings. The highest BCUT2D eigenvalue weighted by molar-refractivity contribution is 6.02. The Kier molecular flexibility index (Phi) is 2.34. The van der Waals surface area contributed by atoms with Gasteiger partial charge in [0.15, 0.2) is 0 Å². The molecule has 8 heteroatoms. The molecule has 2 rings (SSSR count). The number of hydrogen-bond acceptors (Lipinski definition) is 5. The van der Waals surface area contributed by atoms with E-state index in [0.29, 0.717) is 12.2 Å². The Morgan fingerprint density at radius 2 is 2.47 bits per heavy atom. The lowest BCUT2D eigenvalue weighted by atomic mass is 10.2. The first kappa shape index (κ1) is 9.59. The first-order valence-electron chi connectivity index (χ1n) is 4.36. The molecule has 1 aromatic rings. The predicted molar refractivity (Wildman–Crippen MR) is 50.0 cm³/mol. The molecule has 1 unspecified atom stereocenters. The largest absolute Gasteiger partial charge is 0.394 e. The number of nitrogens with one attached hydrogen (secondary N) is 1. The molecule has 0 saturated heterocycles. The van der Waals surface area contributed by atoms with Gasteiger partial charge in [0.05, 0.1) is 19.3 Å². The summed E-state index contributed by atoms with van der Waals surface area (Å²) in [5.74, 6) is 0.177. The van der Waals surface area contributed by atoms with E-state index in [1.807, 2.05) is 0 Å². The van der Waals surface area contributed by atoms with Crippen molar-refractivity contribution in [3.63, 3.8) is 0 Å². The Bertz CT molecular complexity index is 411. The summed E-state index contributed by atoms with van der Waals surface area (Å²) >= 11 is 0. The van der Waals surface area contributed by atoms with E-state index in [4.69, 9.17) is 10.8 Å². The van der Waals surface area contributed by atoms with E-state index in [-0.39, 0.29) is 12.4 Å². The van der Waals surface area contributed by atoms with Crippen LogP contribution < -0.4 is 11.1 Å². The van der Waals surface area contributed by atoms with Crippen LogP contribution in [0.1, 0.15) is 11.7 Å². The number of carbonyl (C=O) groups excluding carboxylic acids is 1. The smallest absolute Gasteiger partial charge is 0.343 e. The molecule has 1 aromatic heterocycles. The van der Waals surface area contributed by atoms with Crippen LogP contribution in [0.4, 0.5) is 4.79 Å². The number of urea groups is 1. The molecule has 1 atom stereocenters. The van der Waals surface area contributed by atoms with Crippen LogP contribution in [0.15, 0.2) is 11.2 Å². The van der Waals surface area contributed by atoms with E-state index in [1.165, 1.54) is 4.68 Å². The maximum atomic E-state index is 10.9. The Morgan fingerprint density at radius 3 is 3.07 bits per heavy atom. The van der Waals surface area contributed by atoms with Crippen molar-refractivity contribution < 1.29 is 9.90 Å². The number of aliphatic hydroxyl groups is 1.